The Bertz CT molecular complexity index is 932. The summed E-state index contributed by atoms with van der Waals surface area (Å²) < 4.78 is 11.9. The zero-order valence-corrected chi connectivity index (χ0v) is 16.2. The Balaban J connectivity index is 2.50. The van der Waals surface area contributed by atoms with Crippen molar-refractivity contribution in [2.24, 2.45) is 0 Å². The summed E-state index contributed by atoms with van der Waals surface area (Å²) >= 11 is 3.47. The van der Waals surface area contributed by atoms with E-state index in [4.69, 9.17) is 9.47 Å². The second-order valence-corrected chi connectivity index (χ2v) is 6.18. The van der Waals surface area contributed by atoms with E-state index >= 15 is 0 Å². The van der Waals surface area contributed by atoms with Crippen LogP contribution >= 0.6 is 15.9 Å². The first-order valence-corrected chi connectivity index (χ1v) is 8.86. The van der Waals surface area contributed by atoms with Crippen molar-refractivity contribution in [3.8, 4) is 17.6 Å². The van der Waals surface area contributed by atoms with Crippen LogP contribution in [0.15, 0.2) is 53.5 Å². The maximum atomic E-state index is 11.0. The first kappa shape index (κ1) is 20.2. The number of hydrogen-bond donors (Lipinski definition) is 0. The van der Waals surface area contributed by atoms with Crippen molar-refractivity contribution in [2.45, 2.75) is 6.92 Å². The quantitative estimate of drug-likeness (QED) is 0.185. The Morgan fingerprint density at radius 2 is 2.07 bits per heavy atom. The van der Waals surface area contributed by atoms with Crippen LogP contribution in [0.25, 0.3) is 11.6 Å². The van der Waals surface area contributed by atoms with Crippen LogP contribution in [0.1, 0.15) is 18.1 Å². The van der Waals surface area contributed by atoms with E-state index < -0.39 is 4.92 Å². The number of rotatable bonds is 8. The van der Waals surface area contributed by atoms with Crippen molar-refractivity contribution in [1.82, 2.24) is 0 Å². The summed E-state index contributed by atoms with van der Waals surface area (Å²) in [6, 6.07) is 11.5. The van der Waals surface area contributed by atoms with E-state index in [0.717, 1.165) is 0 Å². The van der Waals surface area contributed by atoms with Gasteiger partial charge in [0.25, 0.3) is 5.69 Å². The van der Waals surface area contributed by atoms with Gasteiger partial charge in [-0.3, -0.25) is 10.1 Å². The predicted octanol–water partition coefficient (Wildman–Crippen LogP) is 5.38. The second kappa shape index (κ2) is 9.55. The van der Waals surface area contributed by atoms with Gasteiger partial charge in [-0.25, -0.2) is 0 Å². The maximum absolute atomic E-state index is 11.0. The minimum atomic E-state index is -0.493. The van der Waals surface area contributed by atoms with Gasteiger partial charge >= 0.3 is 0 Å². The highest BCUT2D eigenvalue weighted by molar-refractivity contribution is 9.10. The molecule has 0 aliphatic carbocycles. The van der Waals surface area contributed by atoms with E-state index in [-0.39, 0.29) is 5.69 Å². The minimum Gasteiger partial charge on any atom is -0.490 e. The predicted molar refractivity (Wildman–Crippen MR) is 108 cm³/mol. The monoisotopic (exact) mass is 428 g/mol. The van der Waals surface area contributed by atoms with E-state index in [9.17, 15) is 15.4 Å². The van der Waals surface area contributed by atoms with Crippen molar-refractivity contribution in [3.63, 3.8) is 0 Å². The zero-order valence-electron chi connectivity index (χ0n) is 14.6. The standard InChI is InChI=1S/C20H17BrN2O4/c1-3-8-27-20-12-18(21)15(11-19(20)26-4-2)9-16(13-22)14-6-5-7-17(10-14)23(24)25/h3,5-7,9-12H,1,4,8H2,2H3/b16-9-. The van der Waals surface area contributed by atoms with Crippen molar-refractivity contribution in [2.75, 3.05) is 13.2 Å². The number of halogens is 1. The number of nitrogens with zero attached hydrogens (tertiary/aromatic N) is 2. The van der Waals surface area contributed by atoms with Gasteiger partial charge in [0.15, 0.2) is 11.5 Å². The third-order valence-electron chi connectivity index (χ3n) is 3.51. The van der Waals surface area contributed by atoms with E-state index in [1.54, 1.807) is 36.4 Å². The Morgan fingerprint density at radius 1 is 1.33 bits per heavy atom. The lowest BCUT2D eigenvalue weighted by Gasteiger charge is -2.13. The summed E-state index contributed by atoms with van der Waals surface area (Å²) in [6.07, 6.45) is 3.27. The molecule has 0 saturated heterocycles. The van der Waals surface area contributed by atoms with Gasteiger partial charge < -0.3 is 9.47 Å². The van der Waals surface area contributed by atoms with Crippen LogP contribution in [0.3, 0.4) is 0 Å². The molecule has 0 radical (unpaired) electrons. The number of nitro benzene ring substituents is 1. The average Bonchev–Trinajstić information content (AvgIpc) is 2.67. The number of allylic oxidation sites excluding steroid dienone is 1. The lowest BCUT2D eigenvalue weighted by atomic mass is 10.0. The second-order valence-electron chi connectivity index (χ2n) is 5.33. The Labute approximate surface area is 165 Å². The Kier molecular flexibility index (Phi) is 7.15. The van der Waals surface area contributed by atoms with Gasteiger partial charge in [-0.2, -0.15) is 5.26 Å². The molecule has 0 fully saturated rings. The summed E-state index contributed by atoms with van der Waals surface area (Å²) in [5.41, 5.74) is 1.37. The molecular formula is C20H17BrN2O4. The number of ether oxygens (including phenoxy) is 2. The van der Waals surface area contributed by atoms with Crippen molar-refractivity contribution < 1.29 is 14.4 Å². The van der Waals surface area contributed by atoms with E-state index in [1.807, 2.05) is 6.92 Å². The molecule has 0 aromatic heterocycles. The normalized spacial score (nSPS) is 10.8. The third-order valence-corrected chi connectivity index (χ3v) is 4.19. The van der Waals surface area contributed by atoms with E-state index in [0.29, 0.717) is 45.9 Å². The number of hydrogen-bond acceptors (Lipinski definition) is 5. The molecule has 2 aromatic rings. The summed E-state index contributed by atoms with van der Waals surface area (Å²) in [5.74, 6) is 1.08. The molecule has 2 rings (SSSR count). The van der Waals surface area contributed by atoms with Gasteiger partial charge in [-0.15, -0.1) is 0 Å². The fourth-order valence-electron chi connectivity index (χ4n) is 2.31. The number of non-ortho nitro benzene ring substituents is 1. The lowest BCUT2D eigenvalue weighted by molar-refractivity contribution is -0.384. The fourth-order valence-corrected chi connectivity index (χ4v) is 2.75. The summed E-state index contributed by atoms with van der Waals surface area (Å²) in [4.78, 5) is 10.5. The molecular weight excluding hydrogens is 412 g/mol. The van der Waals surface area contributed by atoms with E-state index in [1.165, 1.54) is 12.1 Å². The van der Waals surface area contributed by atoms with Crippen molar-refractivity contribution in [3.05, 3.63) is 74.8 Å². The SMILES string of the molecule is C=CCOc1cc(Br)c(/C=C(/C#N)c2cccc([N+](=O)[O-])c2)cc1OCC. The lowest BCUT2D eigenvalue weighted by Crippen LogP contribution is -1.99. The molecule has 0 aliphatic heterocycles. The number of nitro groups is 1. The minimum absolute atomic E-state index is 0.0732. The summed E-state index contributed by atoms with van der Waals surface area (Å²) in [5, 5.41) is 20.5. The van der Waals surface area contributed by atoms with Crippen LogP contribution in [-0.2, 0) is 0 Å². The third kappa shape index (κ3) is 5.19. The molecule has 0 unspecified atom stereocenters. The molecule has 2 aromatic carbocycles. The highest BCUT2D eigenvalue weighted by Gasteiger charge is 2.13. The Morgan fingerprint density at radius 3 is 2.70 bits per heavy atom. The van der Waals surface area contributed by atoms with Gasteiger partial charge in [-0.1, -0.05) is 40.7 Å². The summed E-state index contributed by atoms with van der Waals surface area (Å²) in [7, 11) is 0. The molecule has 7 heteroatoms. The molecule has 6 nitrogen and oxygen atoms in total. The van der Waals surface area contributed by atoms with Crippen LogP contribution in [0.4, 0.5) is 5.69 Å². The van der Waals surface area contributed by atoms with Crippen LogP contribution in [0.5, 0.6) is 11.5 Å². The zero-order chi connectivity index (χ0) is 19.8. The molecule has 0 saturated carbocycles. The average molecular weight is 429 g/mol. The topological polar surface area (TPSA) is 85.4 Å². The molecule has 27 heavy (non-hydrogen) atoms. The maximum Gasteiger partial charge on any atom is 0.270 e. The molecule has 0 N–H and O–H groups in total. The first-order chi connectivity index (χ1) is 13.0. The Hall–Kier alpha value is -3.11. The van der Waals surface area contributed by atoms with Crippen LogP contribution < -0.4 is 9.47 Å². The van der Waals surface area contributed by atoms with Gasteiger partial charge in [0.2, 0.25) is 0 Å². The van der Waals surface area contributed by atoms with E-state index in [2.05, 4.69) is 28.6 Å². The molecule has 0 atom stereocenters. The smallest absolute Gasteiger partial charge is 0.270 e. The van der Waals surface area contributed by atoms with Crippen LogP contribution in [0, 0.1) is 21.4 Å². The molecule has 0 amide bonds. The molecule has 0 bridgehead atoms. The molecule has 138 valence electrons. The molecule has 0 heterocycles. The van der Waals surface area contributed by atoms with Gasteiger partial charge in [-0.05, 0) is 36.3 Å². The highest BCUT2D eigenvalue weighted by atomic mass is 79.9. The van der Waals surface area contributed by atoms with Gasteiger partial charge in [0, 0.05) is 16.6 Å². The van der Waals surface area contributed by atoms with Crippen LogP contribution in [-0.4, -0.2) is 18.1 Å². The van der Waals surface area contributed by atoms with Crippen molar-refractivity contribution >= 4 is 33.3 Å². The molecule has 0 spiro atoms. The van der Waals surface area contributed by atoms with Crippen molar-refractivity contribution in [1.29, 1.82) is 5.26 Å². The van der Waals surface area contributed by atoms with Crippen LogP contribution in [0.2, 0.25) is 0 Å². The largest absolute Gasteiger partial charge is 0.490 e. The highest BCUT2D eigenvalue weighted by Crippen LogP contribution is 2.36. The fraction of sp³-hybridized carbons (Fsp3) is 0.150. The molecule has 0 aliphatic rings. The van der Waals surface area contributed by atoms with Gasteiger partial charge in [0.1, 0.15) is 6.61 Å². The van der Waals surface area contributed by atoms with Gasteiger partial charge in [0.05, 0.1) is 23.2 Å². The number of benzene rings is 2. The first-order valence-electron chi connectivity index (χ1n) is 8.06. The number of nitriles is 1. The summed E-state index contributed by atoms with van der Waals surface area (Å²) in [6.45, 7) is 6.27.